The minimum Gasteiger partial charge on any atom is -0.383 e. The lowest BCUT2D eigenvalue weighted by Gasteiger charge is -2.50. The molecule has 0 radical (unpaired) electrons. The summed E-state index contributed by atoms with van der Waals surface area (Å²) in [5.41, 5.74) is 6.78. The highest BCUT2D eigenvalue weighted by atomic mass is 19.4. The number of ether oxygens (including phenoxy) is 1. The Morgan fingerprint density at radius 3 is 2.59 bits per heavy atom. The molecule has 2 aromatic rings. The summed E-state index contributed by atoms with van der Waals surface area (Å²) < 4.78 is 48.2. The SMILES string of the molecule is CCC(C)n1nc(-c2cnc(N)c(C(F)(F)F)c2)cc1[C@H]1[C@@H]2C[C@H](N3CC4(CCCO4)C3)C[C@@H]21. The van der Waals surface area contributed by atoms with Crippen molar-refractivity contribution in [3.05, 3.63) is 29.6 Å². The number of hydrogen-bond donors (Lipinski definition) is 1. The van der Waals surface area contributed by atoms with Crippen molar-refractivity contribution in [2.24, 2.45) is 11.8 Å². The summed E-state index contributed by atoms with van der Waals surface area (Å²) in [6, 6.07) is 3.88. The molecule has 6 rings (SSSR count). The summed E-state index contributed by atoms with van der Waals surface area (Å²) in [6.45, 7) is 7.27. The van der Waals surface area contributed by atoms with Crippen LogP contribution in [0.4, 0.5) is 19.0 Å². The highest BCUT2D eigenvalue weighted by Crippen LogP contribution is 2.65. The van der Waals surface area contributed by atoms with E-state index in [1.54, 1.807) is 0 Å². The van der Waals surface area contributed by atoms with Crippen LogP contribution in [0.15, 0.2) is 18.3 Å². The van der Waals surface area contributed by atoms with Crippen molar-refractivity contribution >= 4 is 5.82 Å². The number of likely N-dealkylation sites (tertiary alicyclic amines) is 1. The van der Waals surface area contributed by atoms with E-state index in [1.165, 1.54) is 31.9 Å². The van der Waals surface area contributed by atoms with E-state index in [9.17, 15) is 13.2 Å². The Morgan fingerprint density at radius 2 is 1.97 bits per heavy atom. The molecule has 6 nitrogen and oxygen atoms in total. The van der Waals surface area contributed by atoms with E-state index in [4.69, 9.17) is 15.6 Å². The van der Waals surface area contributed by atoms with Crippen LogP contribution >= 0.6 is 0 Å². The van der Waals surface area contributed by atoms with E-state index in [1.807, 2.05) is 10.7 Å². The number of nitrogens with two attached hydrogens (primary N) is 1. The fraction of sp³-hybridized carbons (Fsp3) is 0.680. The highest BCUT2D eigenvalue weighted by molar-refractivity contribution is 5.63. The Kier molecular flexibility index (Phi) is 5.05. The number of pyridine rings is 1. The fourth-order valence-electron chi connectivity index (χ4n) is 6.67. The van der Waals surface area contributed by atoms with Gasteiger partial charge in [0.1, 0.15) is 5.82 Å². The van der Waals surface area contributed by atoms with Crippen molar-refractivity contribution in [2.75, 3.05) is 25.4 Å². The Bertz CT molecular complexity index is 1070. The van der Waals surface area contributed by atoms with Gasteiger partial charge in [0.05, 0.1) is 16.9 Å². The van der Waals surface area contributed by atoms with E-state index < -0.39 is 17.6 Å². The van der Waals surface area contributed by atoms with Crippen LogP contribution in [0.5, 0.6) is 0 Å². The van der Waals surface area contributed by atoms with Crippen LogP contribution < -0.4 is 5.73 Å². The van der Waals surface area contributed by atoms with E-state index in [0.717, 1.165) is 37.9 Å². The number of anilines is 1. The molecule has 2 saturated carbocycles. The van der Waals surface area contributed by atoms with Crippen molar-refractivity contribution in [2.45, 2.75) is 75.7 Å². The van der Waals surface area contributed by atoms with Gasteiger partial charge in [-0.2, -0.15) is 18.3 Å². The van der Waals surface area contributed by atoms with Crippen LogP contribution in [0.25, 0.3) is 11.3 Å². The first-order valence-corrected chi connectivity index (χ1v) is 12.5. The maximum atomic E-state index is 13.4. The van der Waals surface area contributed by atoms with Gasteiger partial charge >= 0.3 is 6.18 Å². The highest BCUT2D eigenvalue weighted by Gasteiger charge is 2.61. The molecule has 2 N–H and O–H groups in total. The molecule has 1 unspecified atom stereocenters. The van der Waals surface area contributed by atoms with E-state index in [2.05, 4.69) is 23.7 Å². The third-order valence-electron chi connectivity index (χ3n) is 8.74. The first kappa shape index (κ1) is 22.3. The van der Waals surface area contributed by atoms with Gasteiger partial charge in [-0.3, -0.25) is 9.58 Å². The topological polar surface area (TPSA) is 69.2 Å². The second kappa shape index (κ2) is 7.68. The minimum atomic E-state index is -4.54. The molecule has 4 fully saturated rings. The summed E-state index contributed by atoms with van der Waals surface area (Å²) in [7, 11) is 0. The minimum absolute atomic E-state index is 0.138. The average Bonchev–Trinajstić information content (AvgIpc) is 3.26. The largest absolute Gasteiger partial charge is 0.419 e. The van der Waals surface area contributed by atoms with Gasteiger partial charge in [-0.1, -0.05) is 6.92 Å². The Morgan fingerprint density at radius 1 is 1.24 bits per heavy atom. The zero-order valence-corrected chi connectivity index (χ0v) is 19.7. The van der Waals surface area contributed by atoms with E-state index >= 15 is 0 Å². The van der Waals surface area contributed by atoms with Gasteiger partial charge in [0.25, 0.3) is 0 Å². The maximum Gasteiger partial charge on any atom is 0.419 e. The number of nitrogens with zero attached hydrogens (tertiary/aromatic N) is 4. The van der Waals surface area contributed by atoms with Crippen molar-refractivity contribution in [1.29, 1.82) is 0 Å². The smallest absolute Gasteiger partial charge is 0.383 e. The molecule has 9 heteroatoms. The van der Waals surface area contributed by atoms with Crippen LogP contribution in [0.2, 0.25) is 0 Å². The lowest BCUT2D eigenvalue weighted by Crippen LogP contribution is -2.64. The number of fused-ring (bicyclic) bond motifs is 1. The number of hydrogen-bond acceptors (Lipinski definition) is 5. The van der Waals surface area contributed by atoms with Gasteiger partial charge in [0.2, 0.25) is 0 Å². The number of rotatable bonds is 5. The molecule has 2 aliphatic heterocycles. The molecule has 2 aromatic heterocycles. The molecule has 0 amide bonds. The Labute approximate surface area is 197 Å². The molecule has 184 valence electrons. The monoisotopic (exact) mass is 475 g/mol. The summed E-state index contributed by atoms with van der Waals surface area (Å²) in [4.78, 5) is 6.41. The third kappa shape index (κ3) is 3.54. The van der Waals surface area contributed by atoms with Crippen LogP contribution in [0.3, 0.4) is 0 Å². The quantitative estimate of drug-likeness (QED) is 0.668. The van der Waals surface area contributed by atoms with Gasteiger partial charge in [0, 0.05) is 55.2 Å². The van der Waals surface area contributed by atoms with Crippen LogP contribution in [-0.2, 0) is 10.9 Å². The average molecular weight is 476 g/mol. The van der Waals surface area contributed by atoms with Gasteiger partial charge < -0.3 is 10.5 Å². The van der Waals surface area contributed by atoms with Crippen LogP contribution in [0.1, 0.15) is 69.2 Å². The van der Waals surface area contributed by atoms with Gasteiger partial charge in [-0.15, -0.1) is 0 Å². The fourth-order valence-corrected chi connectivity index (χ4v) is 6.67. The lowest BCUT2D eigenvalue weighted by atomic mass is 9.88. The Balaban J connectivity index is 1.21. The summed E-state index contributed by atoms with van der Waals surface area (Å²) in [5.74, 6) is 1.20. The number of halogens is 3. The molecule has 4 heterocycles. The van der Waals surface area contributed by atoms with Gasteiger partial charge in [-0.05, 0) is 63.0 Å². The van der Waals surface area contributed by atoms with Gasteiger partial charge in [0.15, 0.2) is 0 Å². The molecule has 0 aromatic carbocycles. The second-order valence-electron chi connectivity index (χ2n) is 10.8. The standard InChI is InChI=1S/C25H32F3N5O/c1-3-14(2)33-21(10-20(31-33)15-7-19(25(26,27)28)23(29)30-11-15)22-17-8-16(9-18(17)22)32-12-24(13-32)5-4-6-34-24/h7,10-11,14,16-18,22H,3-6,8-9,12-13H2,1-2H3,(H2,29,30)/t14?,16-,17+,18-,22-. The van der Waals surface area contributed by atoms with Crippen molar-refractivity contribution in [1.82, 2.24) is 19.7 Å². The molecule has 34 heavy (non-hydrogen) atoms. The molecular weight excluding hydrogens is 443 g/mol. The second-order valence-corrected chi connectivity index (χ2v) is 10.8. The van der Waals surface area contributed by atoms with Crippen molar-refractivity contribution in [3.8, 4) is 11.3 Å². The van der Waals surface area contributed by atoms with E-state index in [0.29, 0.717) is 35.1 Å². The molecular formula is C25H32F3N5O. The zero-order valence-electron chi connectivity index (χ0n) is 19.7. The van der Waals surface area contributed by atoms with Crippen molar-refractivity contribution in [3.63, 3.8) is 0 Å². The molecule has 2 saturated heterocycles. The summed E-state index contributed by atoms with van der Waals surface area (Å²) in [6.07, 6.45) is 2.51. The molecule has 0 bridgehead atoms. The number of aromatic nitrogens is 3. The first-order valence-electron chi connectivity index (χ1n) is 12.5. The molecule has 2 aliphatic carbocycles. The van der Waals surface area contributed by atoms with E-state index in [-0.39, 0.29) is 11.6 Å². The zero-order chi connectivity index (χ0) is 23.8. The Hall–Kier alpha value is -2.13. The lowest BCUT2D eigenvalue weighted by molar-refractivity contribution is -0.137. The van der Waals surface area contributed by atoms with Crippen LogP contribution in [0, 0.1) is 11.8 Å². The normalized spacial score (nSPS) is 31.0. The molecule has 4 aliphatic rings. The van der Waals surface area contributed by atoms with Crippen molar-refractivity contribution < 1.29 is 17.9 Å². The third-order valence-corrected chi connectivity index (χ3v) is 8.74. The predicted octanol–water partition coefficient (Wildman–Crippen LogP) is 4.87. The molecule has 1 spiro atoms. The summed E-state index contributed by atoms with van der Waals surface area (Å²) in [5, 5.41) is 4.76. The first-order chi connectivity index (χ1) is 16.2. The predicted molar refractivity (Wildman–Crippen MR) is 122 cm³/mol. The summed E-state index contributed by atoms with van der Waals surface area (Å²) >= 11 is 0. The molecule has 5 atom stereocenters. The van der Waals surface area contributed by atoms with Gasteiger partial charge in [-0.25, -0.2) is 4.98 Å². The van der Waals surface area contributed by atoms with Crippen LogP contribution in [-0.4, -0.2) is 51.0 Å². The maximum absolute atomic E-state index is 13.4. The number of nitrogen functional groups attached to an aromatic ring is 1. The number of alkyl halides is 3.